The van der Waals surface area contributed by atoms with Crippen LogP contribution in [0.4, 0.5) is 0 Å². The van der Waals surface area contributed by atoms with Crippen molar-refractivity contribution in [2.75, 3.05) is 26.4 Å². The molecule has 3 rings (SSSR count). The number of thioether (sulfide) groups is 1. The zero-order chi connectivity index (χ0) is 33.9. The Morgan fingerprint density at radius 1 is 0.681 bits per heavy atom. The average Bonchev–Trinajstić information content (AvgIpc) is 3.08. The Morgan fingerprint density at radius 3 is 1.72 bits per heavy atom. The molecule has 0 fully saturated rings. The molecule has 246 valence electrons. The standard InChI is InChI=1S/C37H38O9S/c1-4-34(38)44-24-8-6-22-42-30-15-10-28(11-16-30)12-21-36(40)47-33-20-19-32(26-27(33)3)46-37(41)29-13-17-31(18-14-29)43-23-7-9-25-45-35(39)5-2/h4-5,10-21,26H,1-2,6-9,22-25H2,3H3. The van der Waals surface area contributed by atoms with E-state index >= 15 is 0 Å². The molecule has 3 aromatic carbocycles. The number of rotatable bonds is 19. The SMILES string of the molecule is C=CC(=O)OCCCCOc1ccc(C=CC(=O)Sc2ccc(OC(=O)c3ccc(OCCCCOC(=O)C=C)cc3)cc2C)cc1. The minimum atomic E-state index is -0.512. The molecule has 0 atom stereocenters. The second-order valence-corrected chi connectivity index (χ2v) is 11.1. The zero-order valence-corrected chi connectivity index (χ0v) is 27.1. The second-order valence-electron chi connectivity index (χ2n) is 10.0. The summed E-state index contributed by atoms with van der Waals surface area (Å²) in [4.78, 5) is 48.1. The van der Waals surface area contributed by atoms with Gasteiger partial charge in [0.15, 0.2) is 0 Å². The summed E-state index contributed by atoms with van der Waals surface area (Å²) in [5, 5.41) is -0.145. The maximum atomic E-state index is 12.7. The number of unbranched alkanes of at least 4 members (excludes halogenated alkanes) is 2. The number of benzene rings is 3. The van der Waals surface area contributed by atoms with Crippen LogP contribution in [0.5, 0.6) is 17.2 Å². The quantitative estimate of drug-likeness (QED) is 0.0427. The highest BCUT2D eigenvalue weighted by atomic mass is 32.2. The molecule has 0 bridgehead atoms. The van der Waals surface area contributed by atoms with Gasteiger partial charge in [0, 0.05) is 17.0 Å². The van der Waals surface area contributed by atoms with E-state index in [0.29, 0.717) is 68.5 Å². The van der Waals surface area contributed by atoms with Crippen molar-refractivity contribution in [1.29, 1.82) is 0 Å². The van der Waals surface area contributed by atoms with Gasteiger partial charge in [0.1, 0.15) is 17.2 Å². The van der Waals surface area contributed by atoms with E-state index in [1.165, 1.54) is 6.08 Å². The van der Waals surface area contributed by atoms with Gasteiger partial charge in [-0.15, -0.1) is 0 Å². The van der Waals surface area contributed by atoms with E-state index in [4.69, 9.17) is 23.7 Å². The molecule has 0 aliphatic carbocycles. The van der Waals surface area contributed by atoms with Gasteiger partial charge in [0.05, 0.1) is 32.0 Å². The molecule has 3 aromatic rings. The number of esters is 3. The predicted octanol–water partition coefficient (Wildman–Crippen LogP) is 7.32. The Hall–Kier alpha value is -5.09. The van der Waals surface area contributed by atoms with Crippen LogP contribution in [0.25, 0.3) is 6.08 Å². The highest BCUT2D eigenvalue weighted by Crippen LogP contribution is 2.28. The summed E-state index contributed by atoms with van der Waals surface area (Å²) in [5.74, 6) is 0.307. The Bertz CT molecular complexity index is 1540. The van der Waals surface area contributed by atoms with Crippen LogP contribution in [0.1, 0.15) is 47.2 Å². The third-order valence-corrected chi connectivity index (χ3v) is 7.40. The van der Waals surface area contributed by atoms with Gasteiger partial charge in [-0.1, -0.05) is 31.4 Å². The summed E-state index contributed by atoms with van der Waals surface area (Å²) in [7, 11) is 0. The van der Waals surface area contributed by atoms with Crippen LogP contribution in [0.15, 0.2) is 103 Å². The maximum absolute atomic E-state index is 12.7. The van der Waals surface area contributed by atoms with Gasteiger partial charge in [-0.3, -0.25) is 4.79 Å². The first kappa shape index (κ1) is 36.4. The fourth-order valence-electron chi connectivity index (χ4n) is 3.89. The molecule has 0 amide bonds. The van der Waals surface area contributed by atoms with Gasteiger partial charge in [0.25, 0.3) is 0 Å². The summed E-state index contributed by atoms with van der Waals surface area (Å²) in [6, 6.07) is 19.1. The van der Waals surface area contributed by atoms with E-state index in [2.05, 4.69) is 13.2 Å². The molecule has 0 aromatic heterocycles. The molecule has 0 radical (unpaired) electrons. The number of hydrogen-bond donors (Lipinski definition) is 0. The normalized spacial score (nSPS) is 10.6. The molecular formula is C37H38O9S. The summed E-state index contributed by atoms with van der Waals surface area (Å²) in [5.41, 5.74) is 2.02. The summed E-state index contributed by atoms with van der Waals surface area (Å²) in [6.45, 7) is 10.1. The predicted molar refractivity (Wildman–Crippen MR) is 181 cm³/mol. The van der Waals surface area contributed by atoms with Crippen molar-refractivity contribution >= 4 is 40.9 Å². The third kappa shape index (κ3) is 13.8. The van der Waals surface area contributed by atoms with Crippen molar-refractivity contribution < 1.29 is 42.9 Å². The lowest BCUT2D eigenvalue weighted by molar-refractivity contribution is -0.138. The van der Waals surface area contributed by atoms with Crippen LogP contribution < -0.4 is 14.2 Å². The number of carbonyl (C=O) groups is 4. The van der Waals surface area contributed by atoms with E-state index in [-0.39, 0.29) is 5.12 Å². The highest BCUT2D eigenvalue weighted by Gasteiger charge is 2.12. The van der Waals surface area contributed by atoms with Gasteiger partial charge in [-0.25, -0.2) is 14.4 Å². The van der Waals surface area contributed by atoms with Crippen LogP contribution in [-0.2, 0) is 23.9 Å². The Kier molecular flexibility index (Phi) is 15.6. The lowest BCUT2D eigenvalue weighted by atomic mass is 10.2. The lowest BCUT2D eigenvalue weighted by Gasteiger charge is -2.09. The monoisotopic (exact) mass is 658 g/mol. The Balaban J connectivity index is 1.39. The van der Waals surface area contributed by atoms with Gasteiger partial charge >= 0.3 is 17.9 Å². The molecule has 0 heterocycles. The summed E-state index contributed by atoms with van der Waals surface area (Å²) < 4.78 is 26.8. The van der Waals surface area contributed by atoms with Crippen molar-refractivity contribution in [2.24, 2.45) is 0 Å². The van der Waals surface area contributed by atoms with Crippen LogP contribution in [0.2, 0.25) is 0 Å². The van der Waals surface area contributed by atoms with E-state index < -0.39 is 17.9 Å². The van der Waals surface area contributed by atoms with Gasteiger partial charge < -0.3 is 23.7 Å². The first-order valence-corrected chi connectivity index (χ1v) is 15.9. The highest BCUT2D eigenvalue weighted by molar-refractivity contribution is 8.14. The molecule has 47 heavy (non-hydrogen) atoms. The molecule has 0 N–H and O–H groups in total. The fourth-order valence-corrected chi connectivity index (χ4v) is 4.60. The van der Waals surface area contributed by atoms with Gasteiger partial charge in [-0.05, 0) is 116 Å². The second kappa shape index (κ2) is 20.1. The van der Waals surface area contributed by atoms with Crippen molar-refractivity contribution in [2.45, 2.75) is 37.5 Å². The van der Waals surface area contributed by atoms with Crippen LogP contribution >= 0.6 is 11.8 Å². The molecule has 9 nitrogen and oxygen atoms in total. The zero-order valence-electron chi connectivity index (χ0n) is 26.3. The maximum Gasteiger partial charge on any atom is 0.343 e. The van der Waals surface area contributed by atoms with Crippen molar-refractivity contribution in [3.8, 4) is 17.2 Å². The third-order valence-electron chi connectivity index (χ3n) is 6.39. The van der Waals surface area contributed by atoms with Crippen molar-refractivity contribution in [1.82, 2.24) is 0 Å². The minimum absolute atomic E-state index is 0.145. The van der Waals surface area contributed by atoms with E-state index in [1.54, 1.807) is 48.5 Å². The number of carbonyl (C=O) groups excluding carboxylic acids is 4. The summed E-state index contributed by atoms with van der Waals surface area (Å²) in [6.07, 6.45) is 8.31. The van der Waals surface area contributed by atoms with Crippen molar-refractivity contribution in [3.63, 3.8) is 0 Å². The molecule has 0 unspecified atom stereocenters. The Morgan fingerprint density at radius 2 is 1.19 bits per heavy atom. The number of aryl methyl sites for hydroxylation is 1. The molecule has 0 saturated carbocycles. The molecule has 0 saturated heterocycles. The average molecular weight is 659 g/mol. The van der Waals surface area contributed by atoms with E-state index in [0.717, 1.165) is 46.4 Å². The van der Waals surface area contributed by atoms with Crippen LogP contribution in [-0.4, -0.2) is 49.5 Å². The largest absolute Gasteiger partial charge is 0.494 e. The lowest BCUT2D eigenvalue weighted by Crippen LogP contribution is -2.09. The first-order chi connectivity index (χ1) is 22.8. The first-order valence-electron chi connectivity index (χ1n) is 15.0. The van der Waals surface area contributed by atoms with E-state index in [1.807, 2.05) is 31.2 Å². The Labute approximate surface area is 279 Å². The fraction of sp³-hybridized carbons (Fsp3) is 0.243. The van der Waals surface area contributed by atoms with Gasteiger partial charge in [0.2, 0.25) is 5.12 Å². The number of ether oxygens (including phenoxy) is 5. The molecule has 10 heteroatoms. The smallest absolute Gasteiger partial charge is 0.343 e. The topological polar surface area (TPSA) is 114 Å². The van der Waals surface area contributed by atoms with Gasteiger partial charge in [-0.2, -0.15) is 0 Å². The van der Waals surface area contributed by atoms with Crippen LogP contribution in [0, 0.1) is 6.92 Å². The summed E-state index contributed by atoms with van der Waals surface area (Å²) >= 11 is 1.08. The molecule has 0 aliphatic heterocycles. The molecular weight excluding hydrogens is 620 g/mol. The molecule has 0 spiro atoms. The molecule has 0 aliphatic rings. The number of hydrogen-bond acceptors (Lipinski definition) is 10. The van der Waals surface area contributed by atoms with Crippen LogP contribution in [0.3, 0.4) is 0 Å². The van der Waals surface area contributed by atoms with E-state index in [9.17, 15) is 19.2 Å². The minimum Gasteiger partial charge on any atom is -0.494 e. The van der Waals surface area contributed by atoms with Crippen molar-refractivity contribution in [3.05, 3.63) is 115 Å².